The molecule has 0 saturated heterocycles. The van der Waals surface area contributed by atoms with Crippen molar-refractivity contribution in [2.24, 2.45) is 0 Å². The second-order valence-electron chi connectivity index (χ2n) is 2.46. The van der Waals surface area contributed by atoms with Crippen molar-refractivity contribution in [3.8, 4) is 0 Å². The van der Waals surface area contributed by atoms with Gasteiger partial charge in [-0.2, -0.15) is 4.39 Å². The van der Waals surface area contributed by atoms with Crippen molar-refractivity contribution in [3.05, 3.63) is 39.9 Å². The molecule has 1 N–H and O–H groups in total. The highest BCUT2D eigenvalue weighted by molar-refractivity contribution is 9.10. The van der Waals surface area contributed by atoms with Crippen LogP contribution in [0.4, 0.5) is 8.78 Å². The standard InChI is InChI=1S/C9H5BrF2O2/c10-7-4-6(11)2-1-5(7)3-8(12)9(13)14/h1-4H,(H,13,14)/b8-3-. The van der Waals surface area contributed by atoms with Gasteiger partial charge in [-0.1, -0.05) is 22.0 Å². The quantitative estimate of drug-likeness (QED) is 0.833. The molecule has 0 aliphatic carbocycles. The summed E-state index contributed by atoms with van der Waals surface area (Å²) in [5.74, 6) is -3.43. The molecule has 5 heteroatoms. The van der Waals surface area contributed by atoms with Crippen molar-refractivity contribution >= 4 is 28.0 Å². The average Bonchev–Trinajstić information content (AvgIpc) is 2.09. The lowest BCUT2D eigenvalue weighted by Gasteiger charge is -1.98. The van der Waals surface area contributed by atoms with Gasteiger partial charge in [0.2, 0.25) is 5.83 Å². The van der Waals surface area contributed by atoms with E-state index < -0.39 is 17.6 Å². The van der Waals surface area contributed by atoms with Crippen molar-refractivity contribution in [1.82, 2.24) is 0 Å². The predicted molar refractivity (Wildman–Crippen MR) is 50.8 cm³/mol. The Balaban J connectivity index is 3.09. The van der Waals surface area contributed by atoms with Crippen LogP contribution >= 0.6 is 15.9 Å². The molecule has 0 bridgehead atoms. The van der Waals surface area contributed by atoms with Crippen molar-refractivity contribution in [1.29, 1.82) is 0 Å². The third-order valence-electron chi connectivity index (χ3n) is 1.45. The molecule has 0 aromatic heterocycles. The first kappa shape index (κ1) is 10.8. The molecular weight excluding hydrogens is 258 g/mol. The molecule has 0 atom stereocenters. The van der Waals surface area contributed by atoms with E-state index in [9.17, 15) is 13.6 Å². The number of benzene rings is 1. The summed E-state index contributed by atoms with van der Waals surface area (Å²) >= 11 is 2.98. The van der Waals surface area contributed by atoms with Gasteiger partial charge in [0.15, 0.2) is 0 Å². The van der Waals surface area contributed by atoms with Crippen LogP contribution in [0, 0.1) is 5.82 Å². The first-order valence-corrected chi connectivity index (χ1v) is 4.35. The fourth-order valence-corrected chi connectivity index (χ4v) is 1.28. The topological polar surface area (TPSA) is 37.3 Å². The van der Waals surface area contributed by atoms with E-state index in [-0.39, 0.29) is 5.56 Å². The minimum absolute atomic E-state index is 0.270. The number of hydrogen-bond acceptors (Lipinski definition) is 1. The lowest BCUT2D eigenvalue weighted by atomic mass is 10.2. The lowest BCUT2D eigenvalue weighted by molar-refractivity contribution is -0.134. The highest BCUT2D eigenvalue weighted by Gasteiger charge is 2.07. The molecule has 0 amide bonds. The van der Waals surface area contributed by atoms with Crippen LogP contribution in [0.25, 0.3) is 6.08 Å². The Morgan fingerprint density at radius 3 is 2.64 bits per heavy atom. The van der Waals surface area contributed by atoms with Gasteiger partial charge in [-0.3, -0.25) is 0 Å². The Hall–Kier alpha value is -1.23. The van der Waals surface area contributed by atoms with Gasteiger partial charge < -0.3 is 5.11 Å². The van der Waals surface area contributed by atoms with Gasteiger partial charge in [-0.15, -0.1) is 0 Å². The number of carbonyl (C=O) groups is 1. The lowest BCUT2D eigenvalue weighted by Crippen LogP contribution is -1.94. The summed E-state index contributed by atoms with van der Waals surface area (Å²) in [5, 5.41) is 8.26. The van der Waals surface area contributed by atoms with Crippen molar-refractivity contribution in [2.45, 2.75) is 0 Å². The van der Waals surface area contributed by atoms with Crippen molar-refractivity contribution < 1.29 is 18.7 Å². The summed E-state index contributed by atoms with van der Waals surface area (Å²) in [6, 6.07) is 3.52. The van der Waals surface area contributed by atoms with Gasteiger partial charge in [-0.25, -0.2) is 9.18 Å². The molecule has 0 aliphatic rings. The first-order valence-electron chi connectivity index (χ1n) is 3.56. The maximum Gasteiger partial charge on any atom is 0.364 e. The fourth-order valence-electron chi connectivity index (χ4n) is 0.817. The number of hydrogen-bond donors (Lipinski definition) is 1. The van der Waals surface area contributed by atoms with E-state index >= 15 is 0 Å². The molecule has 0 spiro atoms. The predicted octanol–water partition coefficient (Wildman–Crippen LogP) is 2.98. The summed E-state index contributed by atoms with van der Waals surface area (Å²) in [4.78, 5) is 10.1. The first-order chi connectivity index (χ1) is 6.50. The Labute approximate surface area is 87.0 Å². The molecule has 2 nitrogen and oxygen atoms in total. The van der Waals surface area contributed by atoms with Crippen LogP contribution in [0.2, 0.25) is 0 Å². The van der Waals surface area contributed by atoms with E-state index in [1.165, 1.54) is 6.07 Å². The molecule has 0 aliphatic heterocycles. The molecule has 0 unspecified atom stereocenters. The van der Waals surface area contributed by atoms with E-state index in [0.717, 1.165) is 18.2 Å². The van der Waals surface area contributed by atoms with E-state index in [0.29, 0.717) is 4.47 Å². The highest BCUT2D eigenvalue weighted by atomic mass is 79.9. The number of rotatable bonds is 2. The van der Waals surface area contributed by atoms with Crippen LogP contribution < -0.4 is 0 Å². The minimum atomic E-state index is -1.65. The summed E-state index contributed by atoms with van der Waals surface area (Å²) in [5.41, 5.74) is 0.270. The zero-order chi connectivity index (χ0) is 10.7. The number of carboxylic acid groups (broad SMARTS) is 1. The highest BCUT2D eigenvalue weighted by Crippen LogP contribution is 2.20. The van der Waals surface area contributed by atoms with Crippen LogP contribution in [-0.4, -0.2) is 11.1 Å². The van der Waals surface area contributed by atoms with Gasteiger partial charge in [0, 0.05) is 4.47 Å². The zero-order valence-electron chi connectivity index (χ0n) is 6.80. The molecule has 0 saturated carbocycles. The minimum Gasteiger partial charge on any atom is -0.476 e. The molecule has 74 valence electrons. The zero-order valence-corrected chi connectivity index (χ0v) is 8.38. The molecule has 0 fully saturated rings. The molecule has 1 aromatic carbocycles. The van der Waals surface area contributed by atoms with Crippen molar-refractivity contribution in [3.63, 3.8) is 0 Å². The average molecular weight is 263 g/mol. The van der Waals surface area contributed by atoms with Crippen LogP contribution in [-0.2, 0) is 4.79 Å². The second-order valence-corrected chi connectivity index (χ2v) is 3.32. The van der Waals surface area contributed by atoms with Gasteiger partial charge in [0.05, 0.1) is 0 Å². The van der Waals surface area contributed by atoms with Gasteiger partial charge in [-0.05, 0) is 23.8 Å². The Morgan fingerprint density at radius 1 is 1.50 bits per heavy atom. The van der Waals surface area contributed by atoms with Crippen LogP contribution in [0.1, 0.15) is 5.56 Å². The van der Waals surface area contributed by atoms with E-state index in [1.807, 2.05) is 0 Å². The summed E-state index contributed by atoms with van der Waals surface area (Å²) < 4.78 is 25.5. The molecule has 1 rings (SSSR count). The molecular formula is C9H5BrF2O2. The van der Waals surface area contributed by atoms with E-state index in [4.69, 9.17) is 5.11 Å². The molecule has 14 heavy (non-hydrogen) atoms. The van der Waals surface area contributed by atoms with Crippen molar-refractivity contribution in [2.75, 3.05) is 0 Å². The van der Waals surface area contributed by atoms with Crippen LogP contribution in [0.3, 0.4) is 0 Å². The van der Waals surface area contributed by atoms with Crippen LogP contribution in [0.5, 0.6) is 0 Å². The second kappa shape index (κ2) is 4.32. The monoisotopic (exact) mass is 262 g/mol. The van der Waals surface area contributed by atoms with Gasteiger partial charge in [0.25, 0.3) is 0 Å². The molecule has 0 radical (unpaired) electrons. The molecule has 0 heterocycles. The summed E-state index contributed by atoms with van der Waals surface area (Å²) in [6.45, 7) is 0. The largest absolute Gasteiger partial charge is 0.476 e. The summed E-state index contributed by atoms with van der Waals surface area (Å²) in [6.07, 6.45) is 0.811. The van der Waals surface area contributed by atoms with Crippen LogP contribution in [0.15, 0.2) is 28.5 Å². The summed E-state index contributed by atoms with van der Waals surface area (Å²) in [7, 11) is 0. The normalized spacial score (nSPS) is 11.5. The van der Waals surface area contributed by atoms with Gasteiger partial charge in [0.1, 0.15) is 5.82 Å². The van der Waals surface area contributed by atoms with E-state index in [2.05, 4.69) is 15.9 Å². The van der Waals surface area contributed by atoms with Gasteiger partial charge >= 0.3 is 5.97 Å². The number of carboxylic acids is 1. The fraction of sp³-hybridized carbons (Fsp3) is 0. The maximum atomic E-state index is 12.6. The Kier molecular flexibility index (Phi) is 3.35. The molecule has 1 aromatic rings. The van der Waals surface area contributed by atoms with E-state index in [1.54, 1.807) is 0 Å². The third kappa shape index (κ3) is 2.63. The Bertz CT molecular complexity index is 402. The SMILES string of the molecule is O=C(O)/C(F)=C/c1ccc(F)cc1Br. The maximum absolute atomic E-state index is 12.6. The number of aliphatic carboxylic acids is 1. The number of halogens is 3. The third-order valence-corrected chi connectivity index (χ3v) is 2.14. The Morgan fingerprint density at radius 2 is 2.14 bits per heavy atom. The smallest absolute Gasteiger partial charge is 0.364 e.